The Bertz CT molecular complexity index is 1190. The summed E-state index contributed by atoms with van der Waals surface area (Å²) in [6, 6.07) is 9.39. The first-order valence-corrected chi connectivity index (χ1v) is 9.39. The summed E-state index contributed by atoms with van der Waals surface area (Å²) in [4.78, 5) is 27.2. The molecule has 9 heteroatoms. The van der Waals surface area contributed by atoms with Crippen molar-refractivity contribution in [3.63, 3.8) is 0 Å². The van der Waals surface area contributed by atoms with Crippen molar-refractivity contribution in [2.75, 3.05) is 16.2 Å². The number of rotatable bonds is 3. The molecule has 0 atom stereocenters. The molecular formula is C17H15N3O5S. The topological polar surface area (TPSA) is 112 Å². The number of benzene rings is 2. The third-order valence-electron chi connectivity index (χ3n) is 4.33. The number of para-hydroxylation sites is 1. The van der Waals surface area contributed by atoms with Crippen molar-refractivity contribution in [3.8, 4) is 0 Å². The van der Waals surface area contributed by atoms with Crippen LogP contribution in [-0.4, -0.2) is 25.9 Å². The minimum Gasteiger partial charge on any atom is -0.406 e. The number of carbonyl (C=O) groups is 1. The first-order chi connectivity index (χ1) is 12.3. The molecule has 2 heterocycles. The second kappa shape index (κ2) is 5.73. The van der Waals surface area contributed by atoms with E-state index in [9.17, 15) is 18.0 Å². The lowest BCUT2D eigenvalue weighted by Gasteiger charge is -2.15. The van der Waals surface area contributed by atoms with E-state index in [2.05, 4.69) is 9.71 Å². The zero-order valence-electron chi connectivity index (χ0n) is 13.8. The highest BCUT2D eigenvalue weighted by atomic mass is 32.2. The largest absolute Gasteiger partial charge is 0.417 e. The lowest BCUT2D eigenvalue weighted by molar-refractivity contribution is -0.116. The van der Waals surface area contributed by atoms with E-state index in [1.165, 1.54) is 19.1 Å². The molecule has 1 aromatic heterocycles. The molecule has 0 unspecified atom stereocenters. The molecule has 0 saturated carbocycles. The normalized spacial score (nSPS) is 13.8. The van der Waals surface area contributed by atoms with Gasteiger partial charge < -0.3 is 9.32 Å². The van der Waals surface area contributed by atoms with E-state index >= 15 is 0 Å². The van der Waals surface area contributed by atoms with Gasteiger partial charge in [-0.1, -0.05) is 6.07 Å². The molecule has 3 aromatic rings. The second-order valence-electron chi connectivity index (χ2n) is 6.01. The van der Waals surface area contributed by atoms with Crippen LogP contribution in [0.5, 0.6) is 0 Å². The maximum absolute atomic E-state index is 12.7. The highest BCUT2D eigenvalue weighted by Gasteiger charge is 2.25. The molecule has 0 spiro atoms. The first-order valence-electron chi connectivity index (χ1n) is 7.91. The molecule has 1 aliphatic heterocycles. The van der Waals surface area contributed by atoms with Gasteiger partial charge in [0.1, 0.15) is 0 Å². The molecule has 134 valence electrons. The summed E-state index contributed by atoms with van der Waals surface area (Å²) in [6.45, 7) is 2.02. The average Bonchev–Trinajstić information content (AvgIpc) is 3.17. The van der Waals surface area contributed by atoms with Crippen LogP contribution in [0, 0.1) is 0 Å². The number of oxazole rings is 1. The molecular weight excluding hydrogens is 358 g/mol. The van der Waals surface area contributed by atoms with Gasteiger partial charge in [-0.15, -0.1) is 0 Å². The van der Waals surface area contributed by atoms with Crippen molar-refractivity contribution in [1.82, 2.24) is 4.98 Å². The van der Waals surface area contributed by atoms with E-state index < -0.39 is 15.8 Å². The number of aromatic nitrogens is 1. The van der Waals surface area contributed by atoms with Crippen LogP contribution in [-0.2, 0) is 21.2 Å². The summed E-state index contributed by atoms with van der Waals surface area (Å²) in [5, 5.41) is 0. The Morgan fingerprint density at radius 1 is 1.27 bits per heavy atom. The Morgan fingerprint density at radius 3 is 2.85 bits per heavy atom. The standard InChI is InChI=1S/C17H15N3O5S/c1-10(21)20-8-7-11-9-12(5-6-15(11)20)26(23,24)19-14-4-2-3-13-16(14)25-17(22)18-13/h2-6,9,19H,7-8H2,1H3,(H,18,22). The van der Waals surface area contributed by atoms with Crippen molar-refractivity contribution in [3.05, 3.63) is 52.5 Å². The smallest absolute Gasteiger partial charge is 0.406 e. The van der Waals surface area contributed by atoms with Crippen LogP contribution < -0.4 is 15.4 Å². The van der Waals surface area contributed by atoms with Crippen LogP contribution in [0.1, 0.15) is 12.5 Å². The lowest BCUT2D eigenvalue weighted by atomic mass is 10.2. The van der Waals surface area contributed by atoms with Crippen molar-refractivity contribution in [1.29, 1.82) is 0 Å². The average molecular weight is 373 g/mol. The van der Waals surface area contributed by atoms with Gasteiger partial charge in [0.15, 0.2) is 5.58 Å². The summed E-state index contributed by atoms with van der Waals surface area (Å²) >= 11 is 0. The fourth-order valence-corrected chi connectivity index (χ4v) is 4.24. The summed E-state index contributed by atoms with van der Waals surface area (Å²) < 4.78 is 33.0. The highest BCUT2D eigenvalue weighted by Crippen LogP contribution is 2.31. The number of nitrogens with zero attached hydrogens (tertiary/aromatic N) is 1. The number of aromatic amines is 1. The number of H-pyrrole nitrogens is 1. The van der Waals surface area contributed by atoms with Crippen molar-refractivity contribution >= 4 is 38.4 Å². The van der Waals surface area contributed by atoms with E-state index in [4.69, 9.17) is 4.42 Å². The van der Waals surface area contributed by atoms with Gasteiger partial charge in [-0.25, -0.2) is 13.2 Å². The van der Waals surface area contributed by atoms with Gasteiger partial charge in [0, 0.05) is 19.2 Å². The highest BCUT2D eigenvalue weighted by molar-refractivity contribution is 7.92. The Kier molecular flexibility index (Phi) is 3.62. The van der Waals surface area contributed by atoms with E-state index in [1.807, 2.05) is 0 Å². The van der Waals surface area contributed by atoms with Crippen LogP contribution in [0.4, 0.5) is 11.4 Å². The van der Waals surface area contributed by atoms with E-state index in [0.29, 0.717) is 18.5 Å². The van der Waals surface area contributed by atoms with Gasteiger partial charge in [0.25, 0.3) is 10.0 Å². The van der Waals surface area contributed by atoms with Gasteiger partial charge in [-0.05, 0) is 42.3 Å². The van der Waals surface area contributed by atoms with Crippen LogP contribution in [0.15, 0.2) is 50.5 Å². The van der Waals surface area contributed by atoms with Gasteiger partial charge >= 0.3 is 5.76 Å². The number of hydrogen-bond acceptors (Lipinski definition) is 5. The van der Waals surface area contributed by atoms with Crippen molar-refractivity contribution < 1.29 is 17.6 Å². The number of amides is 1. The molecule has 0 aliphatic carbocycles. The van der Waals surface area contributed by atoms with Gasteiger partial charge in [0.05, 0.1) is 16.1 Å². The first kappa shape index (κ1) is 16.4. The van der Waals surface area contributed by atoms with Crippen molar-refractivity contribution in [2.24, 2.45) is 0 Å². The summed E-state index contributed by atoms with van der Waals surface area (Å²) in [6.07, 6.45) is 0.598. The number of nitrogens with one attached hydrogen (secondary N) is 2. The maximum Gasteiger partial charge on any atom is 0.417 e. The Labute approximate surface area is 148 Å². The molecule has 0 saturated heterocycles. The van der Waals surface area contributed by atoms with E-state index in [1.54, 1.807) is 29.2 Å². The van der Waals surface area contributed by atoms with Crippen LogP contribution in [0.25, 0.3) is 11.1 Å². The number of hydrogen-bond donors (Lipinski definition) is 2. The third-order valence-corrected chi connectivity index (χ3v) is 5.69. The molecule has 0 bridgehead atoms. The quantitative estimate of drug-likeness (QED) is 0.727. The van der Waals surface area contributed by atoms with E-state index in [0.717, 1.165) is 11.3 Å². The van der Waals surface area contributed by atoms with Gasteiger partial charge in [-0.3, -0.25) is 14.5 Å². The van der Waals surface area contributed by atoms with E-state index in [-0.39, 0.29) is 22.1 Å². The third kappa shape index (κ3) is 2.66. The number of carbonyl (C=O) groups excluding carboxylic acids is 1. The molecule has 8 nitrogen and oxygen atoms in total. The molecule has 1 aliphatic rings. The second-order valence-corrected chi connectivity index (χ2v) is 7.70. The molecule has 26 heavy (non-hydrogen) atoms. The van der Waals surface area contributed by atoms with Gasteiger partial charge in [-0.2, -0.15) is 0 Å². The molecule has 0 fully saturated rings. The van der Waals surface area contributed by atoms with Crippen LogP contribution in [0.3, 0.4) is 0 Å². The number of fused-ring (bicyclic) bond motifs is 2. The molecule has 0 radical (unpaired) electrons. The fourth-order valence-electron chi connectivity index (χ4n) is 3.13. The predicted molar refractivity (Wildman–Crippen MR) is 95.8 cm³/mol. The Balaban J connectivity index is 1.71. The Hall–Kier alpha value is -3.07. The van der Waals surface area contributed by atoms with Crippen LogP contribution in [0.2, 0.25) is 0 Å². The fraction of sp³-hybridized carbons (Fsp3) is 0.176. The SMILES string of the molecule is CC(=O)N1CCc2cc(S(=O)(=O)Nc3cccc4[nH]c(=O)oc34)ccc21. The molecule has 1 amide bonds. The summed E-state index contributed by atoms with van der Waals surface area (Å²) in [5.74, 6) is -0.736. The van der Waals surface area contributed by atoms with Crippen molar-refractivity contribution in [2.45, 2.75) is 18.2 Å². The summed E-state index contributed by atoms with van der Waals surface area (Å²) in [7, 11) is -3.88. The number of anilines is 2. The maximum atomic E-state index is 12.7. The zero-order chi connectivity index (χ0) is 18.5. The minimum absolute atomic E-state index is 0.0772. The van der Waals surface area contributed by atoms with Gasteiger partial charge in [0.2, 0.25) is 5.91 Å². The molecule has 2 N–H and O–H groups in total. The predicted octanol–water partition coefficient (Wildman–Crippen LogP) is 1.83. The number of sulfonamides is 1. The Morgan fingerprint density at radius 2 is 2.08 bits per heavy atom. The monoisotopic (exact) mass is 373 g/mol. The zero-order valence-corrected chi connectivity index (χ0v) is 14.6. The van der Waals surface area contributed by atoms with Crippen LogP contribution >= 0.6 is 0 Å². The summed E-state index contributed by atoms with van der Waals surface area (Å²) in [5.41, 5.74) is 2.25. The molecule has 2 aromatic carbocycles. The minimum atomic E-state index is -3.88. The molecule has 4 rings (SSSR count). The lowest BCUT2D eigenvalue weighted by Crippen LogP contribution is -2.25.